The maximum Gasteiger partial charge on any atom is 0.0645 e. The lowest BCUT2D eigenvalue weighted by Gasteiger charge is -2.06. The molecule has 1 aromatic heterocycles. The van der Waals surface area contributed by atoms with Crippen LogP contribution in [0.3, 0.4) is 0 Å². The minimum atomic E-state index is 0.543. The second kappa shape index (κ2) is 7.46. The third kappa shape index (κ3) is 3.84. The maximum absolute atomic E-state index is 5.48. The van der Waals surface area contributed by atoms with Crippen LogP contribution in [0, 0.1) is 0 Å². The Morgan fingerprint density at radius 1 is 1.25 bits per heavy atom. The van der Waals surface area contributed by atoms with E-state index in [2.05, 4.69) is 54.2 Å². The van der Waals surface area contributed by atoms with Crippen LogP contribution in [0.1, 0.15) is 26.3 Å². The van der Waals surface area contributed by atoms with E-state index in [1.807, 2.05) is 6.92 Å². The molecule has 0 aliphatic rings. The van der Waals surface area contributed by atoms with Gasteiger partial charge in [-0.25, -0.2) is 0 Å². The normalized spacial score (nSPS) is 11.6. The molecule has 0 spiro atoms. The van der Waals surface area contributed by atoms with Crippen molar-refractivity contribution in [3.63, 3.8) is 0 Å². The van der Waals surface area contributed by atoms with Crippen LogP contribution < -0.4 is 5.32 Å². The van der Waals surface area contributed by atoms with E-state index in [0.717, 1.165) is 32.7 Å². The molecule has 0 amide bonds. The Bertz CT molecular complexity index is 531. The highest BCUT2D eigenvalue weighted by molar-refractivity contribution is 5.84. The third-order valence-electron chi connectivity index (χ3n) is 3.50. The summed E-state index contributed by atoms with van der Waals surface area (Å²) in [5.74, 6) is 0. The van der Waals surface area contributed by atoms with Crippen LogP contribution in [0.2, 0.25) is 0 Å². The number of hydrogen-bond donors (Lipinski definition) is 1. The predicted molar refractivity (Wildman–Crippen MR) is 85.3 cm³/mol. The van der Waals surface area contributed by atoms with Crippen LogP contribution in [0.25, 0.3) is 10.9 Å². The van der Waals surface area contributed by atoms with Gasteiger partial charge in [0, 0.05) is 36.3 Å². The molecule has 1 N–H and O–H groups in total. The lowest BCUT2D eigenvalue weighted by molar-refractivity contribution is 0.140. The maximum atomic E-state index is 5.48. The number of rotatable bonds is 8. The molecule has 0 aliphatic heterocycles. The molecule has 0 saturated heterocycles. The minimum absolute atomic E-state index is 0.543. The van der Waals surface area contributed by atoms with Crippen molar-refractivity contribution in [3.8, 4) is 0 Å². The van der Waals surface area contributed by atoms with E-state index in [-0.39, 0.29) is 0 Å². The molecule has 20 heavy (non-hydrogen) atoms. The van der Waals surface area contributed by atoms with Gasteiger partial charge in [0.05, 0.1) is 6.61 Å². The molecule has 0 aliphatic carbocycles. The fraction of sp³-hybridized carbons (Fsp3) is 0.529. The van der Waals surface area contributed by atoms with Crippen molar-refractivity contribution in [1.82, 2.24) is 9.88 Å². The summed E-state index contributed by atoms with van der Waals surface area (Å²) in [6, 6.07) is 9.18. The lowest BCUT2D eigenvalue weighted by atomic mass is 10.1. The Balaban J connectivity index is 2.13. The zero-order valence-electron chi connectivity index (χ0n) is 12.9. The zero-order chi connectivity index (χ0) is 14.4. The molecule has 0 atom stereocenters. The van der Waals surface area contributed by atoms with E-state index in [4.69, 9.17) is 4.74 Å². The molecule has 0 bridgehead atoms. The number of nitrogens with one attached hydrogen (secondary N) is 1. The van der Waals surface area contributed by atoms with Crippen molar-refractivity contribution in [2.75, 3.05) is 19.8 Å². The van der Waals surface area contributed by atoms with Gasteiger partial charge < -0.3 is 14.6 Å². The van der Waals surface area contributed by atoms with E-state index < -0.39 is 0 Å². The first-order chi connectivity index (χ1) is 9.72. The summed E-state index contributed by atoms with van der Waals surface area (Å²) in [7, 11) is 0. The molecule has 2 aromatic rings. The molecule has 2 rings (SSSR count). The lowest BCUT2D eigenvalue weighted by Crippen LogP contribution is -2.24. The summed E-state index contributed by atoms with van der Waals surface area (Å²) in [5.41, 5.74) is 2.73. The highest BCUT2D eigenvalue weighted by Gasteiger charge is 2.07. The Kier molecular flexibility index (Phi) is 5.62. The molecule has 0 fully saturated rings. The van der Waals surface area contributed by atoms with E-state index in [1.165, 1.54) is 16.5 Å². The van der Waals surface area contributed by atoms with Crippen LogP contribution in [-0.2, 0) is 17.7 Å². The molecule has 0 unspecified atom stereocenters. The fourth-order valence-electron chi connectivity index (χ4n) is 2.51. The van der Waals surface area contributed by atoms with E-state index >= 15 is 0 Å². The quantitative estimate of drug-likeness (QED) is 0.748. The van der Waals surface area contributed by atoms with Gasteiger partial charge in [-0.2, -0.15) is 0 Å². The van der Waals surface area contributed by atoms with Crippen LogP contribution >= 0.6 is 0 Å². The van der Waals surface area contributed by atoms with E-state index in [1.54, 1.807) is 0 Å². The topological polar surface area (TPSA) is 26.2 Å². The minimum Gasteiger partial charge on any atom is -0.380 e. The van der Waals surface area contributed by atoms with Crippen LogP contribution in [0.15, 0.2) is 30.5 Å². The Morgan fingerprint density at radius 3 is 2.80 bits per heavy atom. The first-order valence-corrected chi connectivity index (χ1v) is 7.60. The number of hydrogen-bond acceptors (Lipinski definition) is 2. The Morgan fingerprint density at radius 2 is 2.05 bits per heavy atom. The first kappa shape index (κ1) is 15.1. The summed E-state index contributed by atoms with van der Waals surface area (Å²) >= 11 is 0. The number of ether oxygens (including phenoxy) is 1. The van der Waals surface area contributed by atoms with Gasteiger partial charge in [-0.05, 0) is 31.5 Å². The average molecular weight is 274 g/mol. The molecule has 0 saturated carbocycles. The first-order valence-electron chi connectivity index (χ1n) is 7.60. The second-order valence-corrected chi connectivity index (χ2v) is 5.42. The SMILES string of the molecule is CCOCCn1cc(CCNC(C)C)c2ccccc21. The average Bonchev–Trinajstić information content (AvgIpc) is 2.78. The van der Waals surface area contributed by atoms with Crippen LogP contribution in [-0.4, -0.2) is 30.4 Å². The van der Waals surface area contributed by atoms with E-state index in [0.29, 0.717) is 6.04 Å². The smallest absolute Gasteiger partial charge is 0.0645 e. The summed E-state index contributed by atoms with van der Waals surface area (Å²) in [6.07, 6.45) is 3.35. The van der Waals surface area contributed by atoms with Gasteiger partial charge in [0.2, 0.25) is 0 Å². The van der Waals surface area contributed by atoms with Gasteiger partial charge in [0.25, 0.3) is 0 Å². The molecule has 0 radical (unpaired) electrons. The van der Waals surface area contributed by atoms with Crippen LogP contribution in [0.4, 0.5) is 0 Å². The molecule has 1 aromatic carbocycles. The van der Waals surface area contributed by atoms with Gasteiger partial charge in [0.1, 0.15) is 0 Å². The highest BCUT2D eigenvalue weighted by Crippen LogP contribution is 2.21. The second-order valence-electron chi connectivity index (χ2n) is 5.42. The number of aromatic nitrogens is 1. The van der Waals surface area contributed by atoms with Gasteiger partial charge in [0.15, 0.2) is 0 Å². The third-order valence-corrected chi connectivity index (χ3v) is 3.50. The zero-order valence-corrected chi connectivity index (χ0v) is 12.9. The van der Waals surface area contributed by atoms with Gasteiger partial charge in [-0.1, -0.05) is 32.0 Å². The number of benzene rings is 1. The summed E-state index contributed by atoms with van der Waals surface area (Å²) < 4.78 is 7.79. The summed E-state index contributed by atoms with van der Waals surface area (Å²) in [4.78, 5) is 0. The van der Waals surface area contributed by atoms with Crippen molar-refractivity contribution in [2.45, 2.75) is 39.8 Å². The fourth-order valence-corrected chi connectivity index (χ4v) is 2.51. The van der Waals surface area contributed by atoms with Crippen molar-refractivity contribution in [3.05, 3.63) is 36.0 Å². The Labute approximate surface area is 121 Å². The van der Waals surface area contributed by atoms with Crippen molar-refractivity contribution >= 4 is 10.9 Å². The highest BCUT2D eigenvalue weighted by atomic mass is 16.5. The number of fused-ring (bicyclic) bond motifs is 1. The number of nitrogens with zero attached hydrogens (tertiary/aromatic N) is 1. The van der Waals surface area contributed by atoms with Crippen LogP contribution in [0.5, 0.6) is 0 Å². The standard InChI is InChI=1S/C17H26N2O/c1-4-20-12-11-19-13-15(9-10-18-14(2)3)16-7-5-6-8-17(16)19/h5-8,13-14,18H,4,9-12H2,1-3H3. The van der Waals surface area contributed by atoms with Gasteiger partial charge in [-0.3, -0.25) is 0 Å². The van der Waals surface area contributed by atoms with E-state index in [9.17, 15) is 0 Å². The van der Waals surface area contributed by atoms with Crippen molar-refractivity contribution in [1.29, 1.82) is 0 Å². The largest absolute Gasteiger partial charge is 0.380 e. The molecular weight excluding hydrogens is 248 g/mol. The monoisotopic (exact) mass is 274 g/mol. The molecule has 3 nitrogen and oxygen atoms in total. The molecule has 110 valence electrons. The van der Waals surface area contributed by atoms with Crippen molar-refractivity contribution < 1.29 is 4.74 Å². The summed E-state index contributed by atoms with van der Waals surface area (Å²) in [6.45, 7) is 9.92. The van der Waals surface area contributed by atoms with Gasteiger partial charge >= 0.3 is 0 Å². The Hall–Kier alpha value is -1.32. The van der Waals surface area contributed by atoms with Crippen molar-refractivity contribution in [2.24, 2.45) is 0 Å². The molecule has 1 heterocycles. The van der Waals surface area contributed by atoms with Gasteiger partial charge in [-0.15, -0.1) is 0 Å². The number of para-hydroxylation sites is 1. The summed E-state index contributed by atoms with van der Waals surface area (Å²) in [5, 5.41) is 4.86. The predicted octanol–water partition coefficient (Wildman–Crippen LogP) is 3.22. The molecular formula is C17H26N2O. The molecule has 3 heteroatoms.